The van der Waals surface area contributed by atoms with Crippen LogP contribution in [0.15, 0.2) is 48.5 Å². The molecule has 0 aliphatic heterocycles. The van der Waals surface area contributed by atoms with Gasteiger partial charge in [-0.05, 0) is 31.2 Å². The summed E-state index contributed by atoms with van der Waals surface area (Å²) in [6.45, 7) is 1.45. The molecular formula is C15H14N2O7. The van der Waals surface area contributed by atoms with Crippen LogP contribution in [0.4, 0.5) is 11.4 Å². The van der Waals surface area contributed by atoms with Crippen LogP contribution in [0.5, 0.6) is 11.5 Å². The van der Waals surface area contributed by atoms with E-state index in [0.29, 0.717) is 0 Å². The number of non-ortho nitro benzene ring substituents is 2. The maximum Gasteiger partial charge on any atom is 0.269 e. The molecule has 0 aliphatic rings. The molecule has 2 aromatic rings. The lowest BCUT2D eigenvalue weighted by atomic mass is 10.3. The maximum atomic E-state index is 10.6. The molecule has 1 atom stereocenters. The Hall–Kier alpha value is -3.20. The fraction of sp³-hybridized carbons (Fsp3) is 0.200. The molecule has 0 radical (unpaired) electrons. The minimum atomic E-state index is -1.09. The summed E-state index contributed by atoms with van der Waals surface area (Å²) in [4.78, 5) is 20.1. The number of nitro groups is 2. The first-order valence-corrected chi connectivity index (χ1v) is 6.87. The minimum Gasteiger partial charge on any atom is -0.452 e. The van der Waals surface area contributed by atoms with E-state index in [1.54, 1.807) is 0 Å². The van der Waals surface area contributed by atoms with Gasteiger partial charge >= 0.3 is 0 Å². The van der Waals surface area contributed by atoms with E-state index in [-0.39, 0.29) is 22.9 Å². The van der Waals surface area contributed by atoms with Gasteiger partial charge in [0.2, 0.25) is 0 Å². The predicted octanol–water partition coefficient (Wildman–Crippen LogP) is 2.67. The van der Waals surface area contributed by atoms with Crippen molar-refractivity contribution < 1.29 is 24.4 Å². The van der Waals surface area contributed by atoms with Crippen LogP contribution in [0, 0.1) is 20.2 Å². The van der Waals surface area contributed by atoms with Gasteiger partial charge in [0.1, 0.15) is 17.6 Å². The Kier molecular flexibility index (Phi) is 5.27. The quantitative estimate of drug-likeness (QED) is 0.468. The van der Waals surface area contributed by atoms with Crippen molar-refractivity contribution in [3.8, 4) is 11.5 Å². The molecule has 9 nitrogen and oxygen atoms in total. The third kappa shape index (κ3) is 4.40. The Labute approximate surface area is 136 Å². The smallest absolute Gasteiger partial charge is 0.269 e. The van der Waals surface area contributed by atoms with Crippen molar-refractivity contribution in [3.05, 3.63) is 68.8 Å². The molecule has 2 aromatic carbocycles. The first-order valence-electron chi connectivity index (χ1n) is 6.87. The van der Waals surface area contributed by atoms with Crippen molar-refractivity contribution in [1.29, 1.82) is 0 Å². The first kappa shape index (κ1) is 17.2. The molecule has 0 amide bonds. The van der Waals surface area contributed by atoms with E-state index >= 15 is 0 Å². The highest BCUT2D eigenvalue weighted by Crippen LogP contribution is 2.22. The number of benzene rings is 2. The van der Waals surface area contributed by atoms with E-state index in [2.05, 4.69) is 0 Å². The number of nitrogens with zero attached hydrogens (tertiary/aromatic N) is 2. The van der Waals surface area contributed by atoms with Gasteiger partial charge in [-0.15, -0.1) is 0 Å². The molecule has 0 fully saturated rings. The zero-order valence-corrected chi connectivity index (χ0v) is 12.6. The van der Waals surface area contributed by atoms with E-state index in [4.69, 9.17) is 9.47 Å². The van der Waals surface area contributed by atoms with Crippen LogP contribution in [0.1, 0.15) is 6.92 Å². The van der Waals surface area contributed by atoms with Gasteiger partial charge in [-0.3, -0.25) is 20.2 Å². The number of rotatable bonds is 7. The molecule has 0 bridgehead atoms. The number of aliphatic hydroxyl groups is 1. The van der Waals surface area contributed by atoms with E-state index in [0.717, 1.165) is 0 Å². The van der Waals surface area contributed by atoms with Crippen molar-refractivity contribution in [3.63, 3.8) is 0 Å². The fourth-order valence-corrected chi connectivity index (χ4v) is 1.78. The standard InChI is InChI=1S/C15H14N2O7/c1-10(18)15(23-13-6-2-11(3-7-13)16(19)20)24-14-8-4-12(5-9-14)17(21)22/h2-10,15,18H,1H3. The van der Waals surface area contributed by atoms with Gasteiger partial charge in [0.15, 0.2) is 0 Å². The van der Waals surface area contributed by atoms with Gasteiger partial charge in [0.25, 0.3) is 17.7 Å². The zero-order valence-electron chi connectivity index (χ0n) is 12.6. The second-order valence-corrected chi connectivity index (χ2v) is 4.85. The van der Waals surface area contributed by atoms with Crippen LogP contribution >= 0.6 is 0 Å². The van der Waals surface area contributed by atoms with Crippen molar-refractivity contribution in [2.24, 2.45) is 0 Å². The normalized spacial score (nSPS) is 11.8. The van der Waals surface area contributed by atoms with Crippen LogP contribution in [0.3, 0.4) is 0 Å². The maximum absolute atomic E-state index is 10.6. The van der Waals surface area contributed by atoms with Crippen molar-refractivity contribution >= 4 is 11.4 Å². The molecule has 0 aliphatic carbocycles. The zero-order chi connectivity index (χ0) is 17.7. The van der Waals surface area contributed by atoms with Crippen LogP contribution in [-0.2, 0) is 0 Å². The van der Waals surface area contributed by atoms with Crippen LogP contribution in [0.2, 0.25) is 0 Å². The van der Waals surface area contributed by atoms with Crippen molar-refractivity contribution in [1.82, 2.24) is 0 Å². The number of aliphatic hydroxyl groups excluding tert-OH is 1. The Bertz CT molecular complexity index is 654. The summed E-state index contributed by atoms with van der Waals surface area (Å²) in [5.41, 5.74) is -0.181. The second kappa shape index (κ2) is 7.38. The Morgan fingerprint density at radius 3 is 1.42 bits per heavy atom. The Balaban J connectivity index is 2.08. The van der Waals surface area contributed by atoms with E-state index in [1.165, 1.54) is 55.5 Å². The molecule has 1 unspecified atom stereocenters. The average Bonchev–Trinajstić information content (AvgIpc) is 2.55. The SMILES string of the molecule is CC(O)C(Oc1ccc([N+](=O)[O-])cc1)Oc1ccc([N+](=O)[O-])cc1. The number of hydrogen-bond acceptors (Lipinski definition) is 7. The lowest BCUT2D eigenvalue weighted by molar-refractivity contribution is -0.385. The highest BCUT2D eigenvalue weighted by atomic mass is 16.7. The molecule has 0 heterocycles. The highest BCUT2D eigenvalue weighted by Gasteiger charge is 2.20. The molecule has 0 saturated heterocycles. The van der Waals surface area contributed by atoms with Crippen LogP contribution < -0.4 is 9.47 Å². The van der Waals surface area contributed by atoms with E-state index in [1.807, 2.05) is 0 Å². The van der Waals surface area contributed by atoms with E-state index < -0.39 is 22.2 Å². The molecule has 126 valence electrons. The largest absolute Gasteiger partial charge is 0.452 e. The predicted molar refractivity (Wildman–Crippen MR) is 82.9 cm³/mol. The molecular weight excluding hydrogens is 320 g/mol. The topological polar surface area (TPSA) is 125 Å². The molecule has 9 heteroatoms. The summed E-state index contributed by atoms with van der Waals surface area (Å²) in [6, 6.07) is 10.6. The Morgan fingerprint density at radius 1 is 0.833 bits per heavy atom. The first-order chi connectivity index (χ1) is 11.4. The second-order valence-electron chi connectivity index (χ2n) is 4.85. The lowest BCUT2D eigenvalue weighted by Gasteiger charge is -2.22. The van der Waals surface area contributed by atoms with Crippen LogP contribution in [-0.4, -0.2) is 27.3 Å². The summed E-state index contributed by atoms with van der Waals surface area (Å²) in [5.74, 6) is 0.543. The van der Waals surface area contributed by atoms with Gasteiger partial charge in [0, 0.05) is 24.3 Å². The van der Waals surface area contributed by atoms with E-state index in [9.17, 15) is 25.3 Å². The summed E-state index contributed by atoms with van der Waals surface area (Å²) < 4.78 is 10.9. The average molecular weight is 334 g/mol. The molecule has 0 spiro atoms. The van der Waals surface area contributed by atoms with Gasteiger partial charge in [-0.25, -0.2) is 0 Å². The Morgan fingerprint density at radius 2 is 1.17 bits per heavy atom. The lowest BCUT2D eigenvalue weighted by Crippen LogP contribution is -2.35. The number of hydrogen-bond donors (Lipinski definition) is 1. The third-order valence-corrected chi connectivity index (χ3v) is 2.99. The molecule has 0 saturated carbocycles. The minimum absolute atomic E-state index is 0.0905. The summed E-state index contributed by atoms with van der Waals surface area (Å²) in [7, 11) is 0. The van der Waals surface area contributed by atoms with Crippen LogP contribution in [0.25, 0.3) is 0 Å². The molecule has 24 heavy (non-hydrogen) atoms. The summed E-state index contributed by atoms with van der Waals surface area (Å²) in [6.07, 6.45) is -2.11. The molecule has 2 rings (SSSR count). The van der Waals surface area contributed by atoms with Crippen molar-refractivity contribution in [2.45, 2.75) is 19.3 Å². The number of nitro benzene ring substituents is 2. The highest BCUT2D eigenvalue weighted by molar-refractivity contribution is 5.37. The summed E-state index contributed by atoms with van der Waals surface area (Å²) in [5, 5.41) is 31.0. The van der Waals surface area contributed by atoms with Gasteiger partial charge in [0.05, 0.1) is 9.85 Å². The molecule has 1 N–H and O–H groups in total. The molecule has 0 aromatic heterocycles. The number of ether oxygens (including phenoxy) is 2. The monoisotopic (exact) mass is 334 g/mol. The third-order valence-electron chi connectivity index (χ3n) is 2.99. The summed E-state index contributed by atoms with van der Waals surface area (Å²) >= 11 is 0. The van der Waals surface area contributed by atoms with Gasteiger partial charge < -0.3 is 14.6 Å². The fourth-order valence-electron chi connectivity index (χ4n) is 1.78. The van der Waals surface area contributed by atoms with Gasteiger partial charge in [-0.2, -0.15) is 0 Å². The van der Waals surface area contributed by atoms with Gasteiger partial charge in [-0.1, -0.05) is 0 Å². The van der Waals surface area contributed by atoms with Crippen molar-refractivity contribution in [2.75, 3.05) is 0 Å².